The number of esters is 2. The standard InChI is InChI=1S/C63H84N6O15/c1-41-56(73)64-46(35-42-21-13-12-14-22-42)57(74)67(9)49(38-83-62(2,3)4)59(76)68-34-20-26-47(68)58(75)65(7)32-17-16-27-54(71)82-40-63(5,6)55(72)60(77)69-33-18-15-25-48(69)61(78)84-50(30-28-43-29-31-51(79-10)52(36-43)80-11)44-23-19-24-45(37-44)81-39-53(70)66(41)8/h12-14,16,19,21-24,27,29,31,36-37,41,46-50H,15,17-18,20,25-26,28,30,32-35,38-40H2,1-11H3,(H,64,73)/b27-16-/t41-,46-,47-,48-,49-,50+/m0/s1. The Kier molecular flexibility index (Phi) is 23.0. The highest BCUT2D eigenvalue weighted by Gasteiger charge is 2.44. The summed E-state index contributed by atoms with van der Waals surface area (Å²) in [5, 5.41) is 2.87. The molecular weight excluding hydrogens is 1080 g/mol. The zero-order valence-corrected chi connectivity index (χ0v) is 50.5. The Morgan fingerprint density at radius 3 is 2.12 bits per heavy atom. The summed E-state index contributed by atoms with van der Waals surface area (Å²) in [6.45, 7) is 9.22. The van der Waals surface area contributed by atoms with Crippen LogP contribution in [0.25, 0.3) is 0 Å². The molecule has 0 spiro atoms. The lowest BCUT2D eigenvalue weighted by atomic mass is 9.87. The monoisotopic (exact) mass is 1160 g/mol. The number of ether oxygens (including phenoxy) is 6. The Morgan fingerprint density at radius 1 is 0.714 bits per heavy atom. The number of carbonyl (C=O) groups excluding carboxylic acids is 9. The number of methoxy groups -OCH3 is 2. The Morgan fingerprint density at radius 2 is 1.42 bits per heavy atom. The molecule has 0 aliphatic carbocycles. The largest absolute Gasteiger partial charge is 0.493 e. The van der Waals surface area contributed by atoms with Crippen molar-refractivity contribution in [3.05, 3.63) is 102 Å². The second kappa shape index (κ2) is 29.6. The first kappa shape index (κ1) is 65.3. The van der Waals surface area contributed by atoms with Gasteiger partial charge in [-0.25, -0.2) is 9.59 Å². The normalized spacial score (nSPS) is 24.0. The summed E-state index contributed by atoms with van der Waals surface area (Å²) in [6.07, 6.45) is 4.84. The molecule has 3 heterocycles. The third kappa shape index (κ3) is 17.4. The van der Waals surface area contributed by atoms with Crippen LogP contribution in [0.4, 0.5) is 0 Å². The lowest BCUT2D eigenvalue weighted by molar-refractivity contribution is -0.165. The number of hydrogen-bond donors (Lipinski definition) is 1. The maximum absolute atomic E-state index is 14.9. The number of piperidine rings is 1. The number of cyclic esters (lactones) is 2. The maximum Gasteiger partial charge on any atom is 0.330 e. The van der Waals surface area contributed by atoms with Crippen LogP contribution in [0.3, 0.4) is 0 Å². The zero-order chi connectivity index (χ0) is 61.5. The molecule has 6 atom stereocenters. The Balaban J connectivity index is 1.32. The lowest BCUT2D eigenvalue weighted by Gasteiger charge is -2.37. The van der Waals surface area contributed by atoms with Crippen LogP contribution < -0.4 is 19.5 Å². The van der Waals surface area contributed by atoms with Gasteiger partial charge in [0.15, 0.2) is 18.1 Å². The van der Waals surface area contributed by atoms with E-state index in [-0.39, 0.29) is 63.6 Å². The summed E-state index contributed by atoms with van der Waals surface area (Å²) in [6, 6.07) is 15.6. The highest BCUT2D eigenvalue weighted by molar-refractivity contribution is 6.38. The fourth-order valence-corrected chi connectivity index (χ4v) is 10.2. The van der Waals surface area contributed by atoms with Gasteiger partial charge in [-0.1, -0.05) is 54.6 Å². The van der Waals surface area contributed by atoms with Gasteiger partial charge in [0.25, 0.3) is 11.8 Å². The smallest absolute Gasteiger partial charge is 0.330 e. The van der Waals surface area contributed by atoms with Gasteiger partial charge >= 0.3 is 11.9 Å². The first-order valence-electron chi connectivity index (χ1n) is 28.7. The van der Waals surface area contributed by atoms with Crippen molar-refractivity contribution >= 4 is 53.2 Å². The van der Waals surface area contributed by atoms with Gasteiger partial charge in [-0.3, -0.25) is 33.6 Å². The molecule has 2 saturated heterocycles. The van der Waals surface area contributed by atoms with Gasteiger partial charge in [-0.2, -0.15) is 0 Å². The molecule has 3 aliphatic heterocycles. The predicted octanol–water partition coefficient (Wildman–Crippen LogP) is 5.45. The lowest BCUT2D eigenvalue weighted by Crippen LogP contribution is -2.60. The minimum Gasteiger partial charge on any atom is -0.493 e. The molecule has 456 valence electrons. The summed E-state index contributed by atoms with van der Waals surface area (Å²) in [4.78, 5) is 134. The Bertz CT molecular complexity index is 2870. The molecule has 84 heavy (non-hydrogen) atoms. The number of Topliss-reactive ketones (excluding diaryl/α,β-unsaturated/α-hetero) is 1. The molecule has 0 unspecified atom stereocenters. The third-order valence-corrected chi connectivity index (χ3v) is 15.5. The number of hydrogen-bond acceptors (Lipinski definition) is 15. The number of ketones is 1. The molecule has 21 heteroatoms. The van der Waals surface area contributed by atoms with E-state index in [0.29, 0.717) is 54.7 Å². The van der Waals surface area contributed by atoms with Crippen LogP contribution in [-0.2, 0) is 70.2 Å². The van der Waals surface area contributed by atoms with Crippen molar-refractivity contribution in [1.29, 1.82) is 0 Å². The summed E-state index contributed by atoms with van der Waals surface area (Å²) < 4.78 is 35.0. The molecule has 21 nitrogen and oxygen atoms in total. The van der Waals surface area contributed by atoms with Gasteiger partial charge in [0.2, 0.25) is 29.4 Å². The molecule has 0 aromatic heterocycles. The fourth-order valence-electron chi connectivity index (χ4n) is 10.2. The van der Waals surface area contributed by atoms with Gasteiger partial charge in [0, 0.05) is 53.3 Å². The molecule has 2 bridgehead atoms. The molecule has 1 N–H and O–H groups in total. The van der Waals surface area contributed by atoms with Crippen LogP contribution in [0.15, 0.2) is 84.9 Å². The van der Waals surface area contributed by atoms with Crippen molar-refractivity contribution in [1.82, 2.24) is 29.8 Å². The second-order valence-corrected chi connectivity index (χ2v) is 23.3. The molecule has 3 aromatic carbocycles. The van der Waals surface area contributed by atoms with Crippen LogP contribution in [0, 0.1) is 5.41 Å². The average molecular weight is 1170 g/mol. The number of amides is 6. The molecule has 0 saturated carbocycles. The van der Waals surface area contributed by atoms with E-state index in [4.69, 9.17) is 28.4 Å². The average Bonchev–Trinajstić information content (AvgIpc) is 4.11. The SMILES string of the molecule is COc1ccc(CC[C@H]2OC(=O)[C@@H]3CCCCN3C(=O)C(=O)C(C)(C)COC(=O)/C=C\CCN(C)C(=O)[C@@H]3CCCN3C(=O)[C@H](COC(C)(C)C)N(C)C(=O)[C@H](Cc3ccccc3)NC(=O)[C@H](C)N(C)C(=O)COc3cccc2c3)cc1OC. The highest BCUT2D eigenvalue weighted by Crippen LogP contribution is 2.33. The van der Waals surface area contributed by atoms with Crippen molar-refractivity contribution in [2.45, 2.75) is 141 Å². The van der Waals surface area contributed by atoms with Gasteiger partial charge in [0.1, 0.15) is 48.7 Å². The van der Waals surface area contributed by atoms with Crippen LogP contribution in [0.2, 0.25) is 0 Å². The molecule has 0 radical (unpaired) electrons. The zero-order valence-electron chi connectivity index (χ0n) is 50.5. The molecule has 6 rings (SSSR count). The number of aryl methyl sites for hydroxylation is 1. The molecule has 2 fully saturated rings. The van der Waals surface area contributed by atoms with E-state index in [1.54, 1.807) is 49.5 Å². The summed E-state index contributed by atoms with van der Waals surface area (Å²) in [5.41, 5.74) is -0.176. The Labute approximate surface area is 493 Å². The molecule has 3 aliphatic rings. The van der Waals surface area contributed by atoms with Crippen molar-refractivity contribution in [3.63, 3.8) is 0 Å². The maximum atomic E-state index is 14.9. The first-order chi connectivity index (χ1) is 39.8. The van der Waals surface area contributed by atoms with Crippen LogP contribution in [0.1, 0.15) is 109 Å². The van der Waals surface area contributed by atoms with Crippen molar-refractivity contribution in [3.8, 4) is 17.2 Å². The van der Waals surface area contributed by atoms with E-state index >= 15 is 0 Å². The molecule has 3 aromatic rings. The van der Waals surface area contributed by atoms with E-state index in [2.05, 4.69) is 5.32 Å². The number of carbonyl (C=O) groups is 9. The topological polar surface area (TPSA) is 237 Å². The van der Waals surface area contributed by atoms with E-state index in [0.717, 1.165) is 5.56 Å². The number of rotatable bonds is 9. The third-order valence-electron chi connectivity index (χ3n) is 15.5. The minimum absolute atomic E-state index is 0.0295. The number of likely N-dealkylation sites (N-methyl/N-ethyl adjacent to an activating group) is 3. The quantitative estimate of drug-likeness (QED) is 0.207. The number of nitrogens with one attached hydrogen (secondary N) is 1. The van der Waals surface area contributed by atoms with Crippen molar-refractivity contribution in [2.75, 3.05) is 74.8 Å². The van der Waals surface area contributed by atoms with E-state index in [1.807, 2.05) is 51.1 Å². The summed E-state index contributed by atoms with van der Waals surface area (Å²) in [5.74, 6) is -4.74. The highest BCUT2D eigenvalue weighted by atomic mass is 16.5. The summed E-state index contributed by atoms with van der Waals surface area (Å²) in [7, 11) is 7.55. The number of fused-ring (bicyclic) bond motifs is 4. The first-order valence-corrected chi connectivity index (χ1v) is 28.7. The van der Waals surface area contributed by atoms with E-state index in [1.165, 1.54) is 85.7 Å². The van der Waals surface area contributed by atoms with Crippen LogP contribution in [-0.4, -0.2) is 188 Å². The number of nitrogens with zero attached hydrogens (tertiary/aromatic N) is 5. The molecular formula is C63H84N6O15. The van der Waals surface area contributed by atoms with E-state index < -0.39 is 108 Å². The van der Waals surface area contributed by atoms with Crippen LogP contribution in [0.5, 0.6) is 17.2 Å². The Hall–Kier alpha value is -7.81. The van der Waals surface area contributed by atoms with Gasteiger partial charge in [0.05, 0.1) is 31.8 Å². The second-order valence-electron chi connectivity index (χ2n) is 23.3. The van der Waals surface area contributed by atoms with E-state index in [9.17, 15) is 43.2 Å². The predicted molar refractivity (Wildman–Crippen MR) is 310 cm³/mol. The summed E-state index contributed by atoms with van der Waals surface area (Å²) >= 11 is 0. The number of benzene rings is 3. The van der Waals surface area contributed by atoms with Crippen LogP contribution >= 0.6 is 0 Å². The van der Waals surface area contributed by atoms with Gasteiger partial charge < -0.3 is 58.2 Å². The van der Waals surface area contributed by atoms with Gasteiger partial charge in [-0.15, -0.1) is 0 Å². The minimum atomic E-state index is -1.49. The molecule has 6 amide bonds. The van der Waals surface area contributed by atoms with Crippen molar-refractivity contribution < 1.29 is 71.6 Å². The van der Waals surface area contributed by atoms with Crippen molar-refractivity contribution in [2.24, 2.45) is 5.41 Å². The fraction of sp³-hybridized carbons (Fsp3) is 0.540. The van der Waals surface area contributed by atoms with Gasteiger partial charge in [-0.05, 0) is 134 Å².